The lowest BCUT2D eigenvalue weighted by Crippen LogP contribution is -2.23. The van der Waals surface area contributed by atoms with E-state index >= 15 is 0 Å². The second kappa shape index (κ2) is 7.07. The van der Waals surface area contributed by atoms with Crippen molar-refractivity contribution >= 4 is 23.2 Å². The Kier molecular flexibility index (Phi) is 5.41. The van der Waals surface area contributed by atoms with Gasteiger partial charge in [0, 0.05) is 6.20 Å². The van der Waals surface area contributed by atoms with E-state index in [2.05, 4.69) is 48.4 Å². The van der Waals surface area contributed by atoms with E-state index in [1.165, 1.54) is 5.56 Å². The minimum Gasteiger partial charge on any atom is -0.305 e. The van der Waals surface area contributed by atoms with Gasteiger partial charge >= 0.3 is 0 Å². The van der Waals surface area contributed by atoms with Crippen molar-refractivity contribution in [3.05, 3.63) is 63.4 Å². The van der Waals surface area contributed by atoms with Crippen LogP contribution in [0.4, 0.5) is 0 Å². The fourth-order valence-electron chi connectivity index (χ4n) is 2.16. The molecule has 1 atom stereocenters. The normalized spacial score (nSPS) is 12.4. The summed E-state index contributed by atoms with van der Waals surface area (Å²) in [5, 5.41) is 4.56. The molecule has 0 aliphatic carbocycles. The second-order valence-corrected chi connectivity index (χ2v) is 5.45. The van der Waals surface area contributed by atoms with Crippen LogP contribution >= 0.6 is 23.2 Å². The van der Waals surface area contributed by atoms with Crippen molar-refractivity contribution in [3.8, 4) is 0 Å². The Morgan fingerprint density at radius 2 is 1.85 bits per heavy atom. The molecule has 2 nitrogen and oxygen atoms in total. The van der Waals surface area contributed by atoms with Crippen LogP contribution in [-0.2, 0) is 6.42 Å². The lowest BCUT2D eigenvalue weighted by Gasteiger charge is -2.19. The van der Waals surface area contributed by atoms with Gasteiger partial charge in [-0.1, -0.05) is 61.3 Å². The smallest absolute Gasteiger partial charge is 0.0805 e. The molecule has 20 heavy (non-hydrogen) atoms. The van der Waals surface area contributed by atoms with Crippen LogP contribution in [0.1, 0.15) is 36.7 Å². The highest BCUT2D eigenvalue weighted by atomic mass is 35.5. The first-order chi connectivity index (χ1) is 9.65. The van der Waals surface area contributed by atoms with Gasteiger partial charge < -0.3 is 5.32 Å². The third-order valence-electron chi connectivity index (χ3n) is 3.24. The molecule has 0 fully saturated rings. The largest absolute Gasteiger partial charge is 0.305 e. The van der Waals surface area contributed by atoms with Gasteiger partial charge in [-0.25, -0.2) is 0 Å². The Morgan fingerprint density at radius 1 is 1.15 bits per heavy atom. The Morgan fingerprint density at radius 3 is 2.40 bits per heavy atom. The predicted octanol–water partition coefficient (Wildman–Crippen LogP) is 4.65. The van der Waals surface area contributed by atoms with Crippen molar-refractivity contribution in [3.63, 3.8) is 0 Å². The monoisotopic (exact) mass is 308 g/mol. The number of hydrogen-bond donors (Lipinski definition) is 1. The second-order valence-electron chi connectivity index (χ2n) is 4.61. The highest BCUT2D eigenvalue weighted by Gasteiger charge is 2.17. The highest BCUT2D eigenvalue weighted by molar-refractivity contribution is 6.34. The van der Waals surface area contributed by atoms with Gasteiger partial charge in [0.05, 0.1) is 21.8 Å². The van der Waals surface area contributed by atoms with Gasteiger partial charge in [-0.2, -0.15) is 0 Å². The van der Waals surface area contributed by atoms with Gasteiger partial charge in [-0.15, -0.1) is 0 Å². The lowest BCUT2D eigenvalue weighted by molar-refractivity contribution is 0.615. The van der Waals surface area contributed by atoms with Crippen molar-refractivity contribution in [2.75, 3.05) is 6.54 Å². The Hall–Kier alpha value is -1.09. The zero-order valence-corrected chi connectivity index (χ0v) is 13.2. The third kappa shape index (κ3) is 3.51. The molecular formula is C16H18Cl2N2. The van der Waals surface area contributed by atoms with Crippen LogP contribution < -0.4 is 5.32 Å². The zero-order chi connectivity index (χ0) is 14.5. The molecule has 0 bridgehead atoms. The summed E-state index contributed by atoms with van der Waals surface area (Å²) in [6.45, 7) is 5.05. The molecule has 0 spiro atoms. The molecule has 0 saturated heterocycles. The van der Waals surface area contributed by atoms with E-state index in [4.69, 9.17) is 23.2 Å². The first kappa shape index (κ1) is 15.3. The summed E-state index contributed by atoms with van der Waals surface area (Å²) in [6, 6.07) is 10.2. The van der Waals surface area contributed by atoms with Crippen LogP contribution in [0.5, 0.6) is 0 Å². The summed E-state index contributed by atoms with van der Waals surface area (Å²) in [7, 11) is 0. The van der Waals surface area contributed by atoms with Gasteiger partial charge in [0.1, 0.15) is 0 Å². The summed E-state index contributed by atoms with van der Waals surface area (Å²) in [6.07, 6.45) is 2.67. The topological polar surface area (TPSA) is 24.9 Å². The number of hydrogen-bond acceptors (Lipinski definition) is 2. The van der Waals surface area contributed by atoms with Crippen molar-refractivity contribution in [2.24, 2.45) is 0 Å². The van der Waals surface area contributed by atoms with Crippen LogP contribution in [0.25, 0.3) is 0 Å². The number of nitrogens with zero attached hydrogens (tertiary/aromatic N) is 1. The minimum atomic E-state index is -0.0179. The Labute approximate surface area is 130 Å². The average Bonchev–Trinajstić information content (AvgIpc) is 2.46. The molecule has 0 radical (unpaired) electrons. The third-order valence-corrected chi connectivity index (χ3v) is 3.75. The van der Waals surface area contributed by atoms with Gasteiger partial charge in [0.25, 0.3) is 0 Å². The SMILES string of the molecule is CCNC(c1ccc(CC)cc1)c1ncc(Cl)cc1Cl. The summed E-state index contributed by atoms with van der Waals surface area (Å²) < 4.78 is 0. The molecule has 0 aliphatic heterocycles. The molecule has 0 saturated carbocycles. The fourth-order valence-corrected chi connectivity index (χ4v) is 2.65. The number of aromatic nitrogens is 1. The number of aryl methyl sites for hydroxylation is 1. The molecule has 1 N–H and O–H groups in total. The molecule has 106 valence electrons. The van der Waals surface area contributed by atoms with Crippen LogP contribution in [-0.4, -0.2) is 11.5 Å². The average molecular weight is 309 g/mol. The number of benzene rings is 1. The van der Waals surface area contributed by atoms with Crippen LogP contribution in [0.2, 0.25) is 10.0 Å². The summed E-state index contributed by atoms with van der Waals surface area (Å²) >= 11 is 12.2. The lowest BCUT2D eigenvalue weighted by atomic mass is 10.0. The molecule has 0 amide bonds. The summed E-state index contributed by atoms with van der Waals surface area (Å²) in [4.78, 5) is 4.39. The van der Waals surface area contributed by atoms with E-state index in [-0.39, 0.29) is 6.04 Å². The number of halogens is 2. The predicted molar refractivity (Wildman–Crippen MR) is 85.6 cm³/mol. The van der Waals surface area contributed by atoms with E-state index < -0.39 is 0 Å². The van der Waals surface area contributed by atoms with Gasteiger partial charge in [0.2, 0.25) is 0 Å². The van der Waals surface area contributed by atoms with E-state index in [0.717, 1.165) is 24.2 Å². The molecular weight excluding hydrogens is 291 g/mol. The molecule has 1 aromatic heterocycles. The highest BCUT2D eigenvalue weighted by Crippen LogP contribution is 2.28. The van der Waals surface area contributed by atoms with E-state index in [1.807, 2.05) is 0 Å². The molecule has 4 heteroatoms. The Balaban J connectivity index is 2.38. The van der Waals surface area contributed by atoms with Gasteiger partial charge in [0.15, 0.2) is 0 Å². The maximum absolute atomic E-state index is 6.28. The van der Waals surface area contributed by atoms with Crippen molar-refractivity contribution in [2.45, 2.75) is 26.3 Å². The van der Waals surface area contributed by atoms with Crippen molar-refractivity contribution in [1.29, 1.82) is 0 Å². The quantitative estimate of drug-likeness (QED) is 0.869. The molecule has 1 aromatic carbocycles. The maximum atomic E-state index is 6.28. The molecule has 0 aliphatic rings. The van der Waals surface area contributed by atoms with Gasteiger partial charge in [-0.3, -0.25) is 4.98 Å². The van der Waals surface area contributed by atoms with E-state index in [9.17, 15) is 0 Å². The molecule has 2 aromatic rings. The fraction of sp³-hybridized carbons (Fsp3) is 0.312. The number of rotatable bonds is 5. The standard InChI is InChI=1S/C16H18Cl2N2/c1-3-11-5-7-12(8-6-11)15(19-4-2)16-14(18)9-13(17)10-20-16/h5-10,15,19H,3-4H2,1-2H3. The molecule has 1 unspecified atom stereocenters. The minimum absolute atomic E-state index is 0.0179. The number of nitrogens with one attached hydrogen (secondary N) is 1. The van der Waals surface area contributed by atoms with Crippen LogP contribution in [0.15, 0.2) is 36.5 Å². The molecule has 2 rings (SSSR count). The first-order valence-corrected chi connectivity index (χ1v) is 7.54. The zero-order valence-electron chi connectivity index (χ0n) is 11.7. The van der Waals surface area contributed by atoms with E-state index in [0.29, 0.717) is 10.0 Å². The van der Waals surface area contributed by atoms with Crippen molar-refractivity contribution < 1.29 is 0 Å². The maximum Gasteiger partial charge on any atom is 0.0805 e. The summed E-state index contributed by atoms with van der Waals surface area (Å²) in [5.74, 6) is 0. The van der Waals surface area contributed by atoms with Crippen LogP contribution in [0, 0.1) is 0 Å². The van der Waals surface area contributed by atoms with E-state index in [1.54, 1.807) is 12.3 Å². The Bertz CT molecular complexity index is 567. The first-order valence-electron chi connectivity index (χ1n) is 6.78. The van der Waals surface area contributed by atoms with Gasteiger partial charge in [-0.05, 0) is 30.2 Å². The van der Waals surface area contributed by atoms with Crippen LogP contribution in [0.3, 0.4) is 0 Å². The number of pyridine rings is 1. The van der Waals surface area contributed by atoms with Crippen molar-refractivity contribution in [1.82, 2.24) is 10.3 Å². The molecule has 1 heterocycles. The summed E-state index contributed by atoms with van der Waals surface area (Å²) in [5.41, 5.74) is 3.28.